The van der Waals surface area contributed by atoms with E-state index in [2.05, 4.69) is 26.1 Å². The quantitative estimate of drug-likeness (QED) is 0.877. The number of halogens is 1. The molecule has 0 spiro atoms. The number of fused-ring (bicyclic) bond motifs is 1. The first-order chi connectivity index (χ1) is 8.58. The molecule has 2 unspecified atom stereocenters. The molecule has 3 heteroatoms. The molecule has 0 saturated carbocycles. The van der Waals surface area contributed by atoms with Gasteiger partial charge >= 0.3 is 0 Å². The van der Waals surface area contributed by atoms with Gasteiger partial charge in [-0.1, -0.05) is 31.9 Å². The lowest BCUT2D eigenvalue weighted by molar-refractivity contribution is 0.0393. The number of hydrogen-bond acceptors (Lipinski definition) is 2. The van der Waals surface area contributed by atoms with Gasteiger partial charge in [-0.15, -0.1) is 0 Å². The van der Waals surface area contributed by atoms with E-state index in [0.29, 0.717) is 6.04 Å². The maximum atomic E-state index is 6.19. The molecule has 2 nitrogen and oxygen atoms in total. The lowest BCUT2D eigenvalue weighted by Gasteiger charge is -2.40. The normalized spacial score (nSPS) is 26.6. The number of ether oxygens (including phenoxy) is 1. The summed E-state index contributed by atoms with van der Waals surface area (Å²) in [6, 6.07) is 6.26. The highest BCUT2D eigenvalue weighted by atomic mass is 35.5. The minimum absolute atomic E-state index is 0.0670. The van der Waals surface area contributed by atoms with E-state index in [1.54, 1.807) is 0 Å². The van der Waals surface area contributed by atoms with Crippen LogP contribution < -0.4 is 10.1 Å². The smallest absolute Gasteiger partial charge is 0.125 e. The van der Waals surface area contributed by atoms with Crippen LogP contribution in [0, 0.1) is 0 Å². The third kappa shape index (κ3) is 2.81. The zero-order chi connectivity index (χ0) is 13.2. The summed E-state index contributed by atoms with van der Waals surface area (Å²) in [4.78, 5) is 0. The number of benzene rings is 1. The van der Waals surface area contributed by atoms with Crippen LogP contribution in [0.1, 0.15) is 51.6 Å². The third-order valence-electron chi connectivity index (χ3n) is 3.57. The van der Waals surface area contributed by atoms with Gasteiger partial charge in [0, 0.05) is 23.0 Å². The summed E-state index contributed by atoms with van der Waals surface area (Å²) in [6.07, 6.45) is 3.22. The van der Waals surface area contributed by atoms with Crippen LogP contribution in [0.3, 0.4) is 0 Å². The molecule has 2 atom stereocenters. The Labute approximate surface area is 115 Å². The Kier molecular flexibility index (Phi) is 4.18. The van der Waals surface area contributed by atoms with Crippen molar-refractivity contribution in [3.63, 3.8) is 0 Å². The van der Waals surface area contributed by atoms with Crippen molar-refractivity contribution in [2.24, 2.45) is 0 Å². The molecule has 1 aliphatic heterocycles. The summed E-state index contributed by atoms with van der Waals surface area (Å²) in [5, 5.41) is 4.32. The Bertz CT molecular complexity index is 421. The lowest BCUT2D eigenvalue weighted by atomic mass is 9.85. The second-order valence-electron chi connectivity index (χ2n) is 5.30. The van der Waals surface area contributed by atoms with Gasteiger partial charge in [-0.25, -0.2) is 0 Å². The van der Waals surface area contributed by atoms with Crippen molar-refractivity contribution in [3.8, 4) is 5.75 Å². The predicted molar refractivity (Wildman–Crippen MR) is 76.4 cm³/mol. The van der Waals surface area contributed by atoms with Crippen molar-refractivity contribution in [2.75, 3.05) is 6.54 Å². The molecule has 1 N–H and O–H groups in total. The Hall–Kier alpha value is -0.730. The minimum Gasteiger partial charge on any atom is -0.487 e. The molecular formula is C15H22ClNO. The van der Waals surface area contributed by atoms with Gasteiger partial charge in [0.1, 0.15) is 11.4 Å². The first-order valence-electron chi connectivity index (χ1n) is 6.80. The fourth-order valence-electron chi connectivity index (χ4n) is 2.84. The highest BCUT2D eigenvalue weighted by Gasteiger charge is 2.36. The fraction of sp³-hybridized carbons (Fsp3) is 0.600. The summed E-state index contributed by atoms with van der Waals surface area (Å²) in [5.41, 5.74) is 1.13. The average molecular weight is 268 g/mol. The molecule has 1 heterocycles. The second kappa shape index (κ2) is 5.50. The van der Waals surface area contributed by atoms with Crippen LogP contribution >= 0.6 is 11.6 Å². The maximum absolute atomic E-state index is 6.19. The molecule has 0 fully saturated rings. The molecule has 0 radical (unpaired) electrons. The zero-order valence-electron chi connectivity index (χ0n) is 11.4. The van der Waals surface area contributed by atoms with E-state index < -0.39 is 0 Å². The monoisotopic (exact) mass is 267 g/mol. The Morgan fingerprint density at radius 1 is 1.44 bits per heavy atom. The van der Waals surface area contributed by atoms with Crippen LogP contribution in [-0.4, -0.2) is 12.1 Å². The van der Waals surface area contributed by atoms with E-state index >= 15 is 0 Å². The van der Waals surface area contributed by atoms with E-state index in [4.69, 9.17) is 16.3 Å². The molecule has 2 rings (SSSR count). The van der Waals surface area contributed by atoms with E-state index in [0.717, 1.165) is 36.6 Å². The van der Waals surface area contributed by atoms with E-state index in [1.165, 1.54) is 5.56 Å². The van der Waals surface area contributed by atoms with Gasteiger partial charge in [0.25, 0.3) is 0 Å². The summed E-state index contributed by atoms with van der Waals surface area (Å²) in [7, 11) is 0. The van der Waals surface area contributed by atoms with E-state index in [-0.39, 0.29) is 5.60 Å². The van der Waals surface area contributed by atoms with Crippen LogP contribution in [-0.2, 0) is 0 Å². The molecule has 18 heavy (non-hydrogen) atoms. The fourth-order valence-corrected chi connectivity index (χ4v) is 3.02. The zero-order valence-corrected chi connectivity index (χ0v) is 12.2. The molecular weight excluding hydrogens is 246 g/mol. The Morgan fingerprint density at radius 3 is 2.89 bits per heavy atom. The first-order valence-corrected chi connectivity index (χ1v) is 7.17. The molecule has 0 aliphatic carbocycles. The molecule has 1 aromatic rings. The summed E-state index contributed by atoms with van der Waals surface area (Å²) >= 11 is 6.09. The van der Waals surface area contributed by atoms with Crippen LogP contribution in [0.4, 0.5) is 0 Å². The molecule has 1 aromatic carbocycles. The standard InChI is InChI=1S/C15H22ClNO/c1-4-8-15(3)10-13(17-5-2)12-9-11(16)6-7-14(12)18-15/h6-7,9,13,17H,4-5,8,10H2,1-3H3. The van der Waals surface area contributed by atoms with Crippen LogP contribution in [0.5, 0.6) is 5.75 Å². The van der Waals surface area contributed by atoms with Crippen molar-refractivity contribution < 1.29 is 4.74 Å². The molecule has 1 aliphatic rings. The van der Waals surface area contributed by atoms with Gasteiger partial charge in [0.15, 0.2) is 0 Å². The maximum Gasteiger partial charge on any atom is 0.125 e. The summed E-state index contributed by atoms with van der Waals surface area (Å²) < 4.78 is 6.19. The third-order valence-corrected chi connectivity index (χ3v) is 3.80. The highest BCUT2D eigenvalue weighted by Crippen LogP contribution is 2.42. The van der Waals surface area contributed by atoms with Gasteiger partial charge in [0.05, 0.1) is 0 Å². The van der Waals surface area contributed by atoms with Crippen LogP contribution in [0.15, 0.2) is 18.2 Å². The van der Waals surface area contributed by atoms with Gasteiger partial charge in [-0.3, -0.25) is 0 Å². The van der Waals surface area contributed by atoms with Gasteiger partial charge in [0.2, 0.25) is 0 Å². The number of nitrogens with one attached hydrogen (secondary N) is 1. The number of rotatable bonds is 4. The SMILES string of the molecule is CCCC1(C)CC(NCC)c2cc(Cl)ccc2O1. The van der Waals surface area contributed by atoms with Gasteiger partial charge < -0.3 is 10.1 Å². The summed E-state index contributed by atoms with van der Waals surface area (Å²) in [5.74, 6) is 0.979. The Balaban J connectivity index is 2.33. The first kappa shape index (κ1) is 13.7. The van der Waals surface area contributed by atoms with Gasteiger partial charge in [-0.2, -0.15) is 0 Å². The van der Waals surface area contributed by atoms with Crippen LogP contribution in [0.2, 0.25) is 5.02 Å². The number of hydrogen-bond donors (Lipinski definition) is 1. The summed E-state index contributed by atoms with van der Waals surface area (Å²) in [6.45, 7) is 7.50. The van der Waals surface area contributed by atoms with Crippen molar-refractivity contribution in [2.45, 2.75) is 51.7 Å². The molecule has 0 aromatic heterocycles. The van der Waals surface area contributed by atoms with Crippen molar-refractivity contribution in [1.29, 1.82) is 0 Å². The van der Waals surface area contributed by atoms with Crippen LogP contribution in [0.25, 0.3) is 0 Å². The topological polar surface area (TPSA) is 21.3 Å². The Morgan fingerprint density at radius 2 is 2.22 bits per heavy atom. The van der Waals surface area contributed by atoms with Crippen molar-refractivity contribution in [3.05, 3.63) is 28.8 Å². The molecule has 0 bridgehead atoms. The van der Waals surface area contributed by atoms with E-state index in [1.807, 2.05) is 18.2 Å². The lowest BCUT2D eigenvalue weighted by Crippen LogP contribution is -2.41. The molecule has 0 saturated heterocycles. The second-order valence-corrected chi connectivity index (χ2v) is 5.73. The van der Waals surface area contributed by atoms with Crippen molar-refractivity contribution >= 4 is 11.6 Å². The minimum atomic E-state index is -0.0670. The van der Waals surface area contributed by atoms with E-state index in [9.17, 15) is 0 Å². The highest BCUT2D eigenvalue weighted by molar-refractivity contribution is 6.30. The molecule has 0 amide bonds. The largest absolute Gasteiger partial charge is 0.487 e. The van der Waals surface area contributed by atoms with Crippen molar-refractivity contribution in [1.82, 2.24) is 5.32 Å². The predicted octanol–water partition coefficient (Wildman–Crippen LogP) is 4.33. The van der Waals surface area contributed by atoms with Gasteiger partial charge in [-0.05, 0) is 38.1 Å². The molecule has 100 valence electrons. The average Bonchev–Trinajstić information content (AvgIpc) is 2.30.